The summed E-state index contributed by atoms with van der Waals surface area (Å²) in [6.45, 7) is 0. The van der Waals surface area contributed by atoms with Crippen LogP contribution in [0.3, 0.4) is 0 Å². The van der Waals surface area contributed by atoms with E-state index in [0.29, 0.717) is 17.3 Å². The Morgan fingerprint density at radius 2 is 1.86 bits per heavy atom. The van der Waals surface area contributed by atoms with Crippen LogP contribution in [0.15, 0.2) is 24.3 Å². The van der Waals surface area contributed by atoms with Crippen LogP contribution in [0.5, 0.6) is 0 Å². The molecule has 1 aliphatic rings. The lowest BCUT2D eigenvalue weighted by molar-refractivity contribution is -0.115. The topological polar surface area (TPSA) is 67.2 Å². The quantitative estimate of drug-likeness (QED) is 0.589. The number of nitrogen functional groups attached to an aromatic ring is 1. The van der Waals surface area contributed by atoms with Crippen molar-refractivity contribution in [3.63, 3.8) is 0 Å². The summed E-state index contributed by atoms with van der Waals surface area (Å²) < 4.78 is 39.9. The van der Waals surface area contributed by atoms with Gasteiger partial charge in [-0.3, -0.25) is 4.79 Å². The van der Waals surface area contributed by atoms with Gasteiger partial charge in [-0.15, -0.1) is 0 Å². The Balaban J connectivity index is 2.00. The zero-order valence-corrected chi connectivity index (χ0v) is 10.6. The molecule has 0 saturated heterocycles. The lowest BCUT2D eigenvalue weighted by Gasteiger charge is -2.12. The van der Waals surface area contributed by atoms with E-state index >= 15 is 0 Å². The molecule has 2 aromatic rings. The fraction of sp³-hybridized carbons (Fsp3) is 0.0714. The third kappa shape index (κ3) is 2.37. The Kier molecular flexibility index (Phi) is 2.97. The number of carbonyl (C=O) groups is 1. The summed E-state index contributed by atoms with van der Waals surface area (Å²) in [5.41, 5.74) is 7.18. The monoisotopic (exact) mass is 293 g/mol. The lowest BCUT2D eigenvalue weighted by atomic mass is 10.1. The summed E-state index contributed by atoms with van der Waals surface area (Å²) in [6.07, 6.45) is 0.211. The third-order valence-corrected chi connectivity index (χ3v) is 3.16. The molecular formula is C14H10F3N3O. The Labute approximate surface area is 117 Å². The highest BCUT2D eigenvalue weighted by Gasteiger charge is 2.20. The molecule has 0 aromatic heterocycles. The maximum Gasteiger partial charge on any atom is 0.228 e. The standard InChI is InChI=1S/C14H10F3N3O/c15-7-3-8(16)14(17)12(4-7)19-11-5-10-6(1-9(11)18)2-13(21)20-10/h1,3-5,19H,2,18H2,(H,20,21). The van der Waals surface area contributed by atoms with Crippen LogP contribution in [0.2, 0.25) is 0 Å². The highest BCUT2D eigenvalue weighted by molar-refractivity contribution is 6.01. The van der Waals surface area contributed by atoms with Crippen LogP contribution in [0, 0.1) is 17.5 Å². The van der Waals surface area contributed by atoms with Crippen molar-refractivity contribution in [1.82, 2.24) is 0 Å². The van der Waals surface area contributed by atoms with E-state index in [1.165, 1.54) is 6.07 Å². The minimum atomic E-state index is -1.30. The van der Waals surface area contributed by atoms with E-state index in [2.05, 4.69) is 10.6 Å². The molecule has 1 amide bonds. The molecule has 0 unspecified atom stereocenters. The molecule has 0 spiro atoms. The number of halogens is 3. The van der Waals surface area contributed by atoms with Gasteiger partial charge in [0.05, 0.1) is 23.5 Å². The second-order valence-electron chi connectivity index (χ2n) is 4.70. The highest BCUT2D eigenvalue weighted by Crippen LogP contribution is 2.34. The molecule has 7 heteroatoms. The van der Waals surface area contributed by atoms with Crippen molar-refractivity contribution in [2.75, 3.05) is 16.4 Å². The molecule has 0 bridgehead atoms. The van der Waals surface area contributed by atoms with Gasteiger partial charge in [0.25, 0.3) is 0 Å². The third-order valence-electron chi connectivity index (χ3n) is 3.16. The smallest absolute Gasteiger partial charge is 0.228 e. The van der Waals surface area contributed by atoms with Crippen LogP contribution < -0.4 is 16.4 Å². The van der Waals surface area contributed by atoms with Crippen LogP contribution in [0.4, 0.5) is 35.9 Å². The number of hydrogen-bond acceptors (Lipinski definition) is 3. The predicted octanol–water partition coefficient (Wildman–Crippen LogP) is 2.92. The second-order valence-corrected chi connectivity index (χ2v) is 4.70. The first-order chi connectivity index (χ1) is 9.94. The number of rotatable bonds is 2. The van der Waals surface area contributed by atoms with E-state index in [9.17, 15) is 18.0 Å². The van der Waals surface area contributed by atoms with Gasteiger partial charge in [0.15, 0.2) is 11.6 Å². The molecule has 0 aliphatic carbocycles. The number of nitrogens with two attached hydrogens (primary N) is 1. The summed E-state index contributed by atoms with van der Waals surface area (Å²) in [5, 5.41) is 5.15. The first-order valence-electron chi connectivity index (χ1n) is 6.08. The number of anilines is 4. The molecule has 0 atom stereocenters. The first-order valence-corrected chi connectivity index (χ1v) is 6.08. The van der Waals surface area contributed by atoms with Gasteiger partial charge in [0.2, 0.25) is 5.91 Å². The molecule has 1 heterocycles. The average molecular weight is 293 g/mol. The number of amides is 1. The Hall–Kier alpha value is -2.70. The zero-order chi connectivity index (χ0) is 15.1. The van der Waals surface area contributed by atoms with Gasteiger partial charge in [-0.1, -0.05) is 0 Å². The largest absolute Gasteiger partial charge is 0.397 e. The lowest BCUT2D eigenvalue weighted by Crippen LogP contribution is -2.04. The van der Waals surface area contributed by atoms with E-state index in [-0.39, 0.29) is 29.4 Å². The Bertz CT molecular complexity index is 762. The second kappa shape index (κ2) is 4.69. The van der Waals surface area contributed by atoms with Gasteiger partial charge < -0.3 is 16.4 Å². The molecule has 21 heavy (non-hydrogen) atoms. The Morgan fingerprint density at radius 3 is 2.62 bits per heavy atom. The van der Waals surface area contributed by atoms with E-state index in [1.807, 2.05) is 0 Å². The van der Waals surface area contributed by atoms with Crippen LogP contribution in [0.25, 0.3) is 0 Å². The highest BCUT2D eigenvalue weighted by atomic mass is 19.2. The molecular weight excluding hydrogens is 283 g/mol. The van der Waals surface area contributed by atoms with Gasteiger partial charge in [-0.25, -0.2) is 13.2 Å². The van der Waals surface area contributed by atoms with E-state index in [1.54, 1.807) is 6.07 Å². The van der Waals surface area contributed by atoms with E-state index in [4.69, 9.17) is 5.73 Å². The van der Waals surface area contributed by atoms with Crippen molar-refractivity contribution in [3.05, 3.63) is 47.3 Å². The molecule has 0 fully saturated rings. The molecule has 2 aromatic carbocycles. The van der Waals surface area contributed by atoms with Crippen LogP contribution in [-0.4, -0.2) is 5.91 Å². The Morgan fingerprint density at radius 1 is 1.10 bits per heavy atom. The normalized spacial score (nSPS) is 13.0. The average Bonchev–Trinajstić information content (AvgIpc) is 2.75. The maximum atomic E-state index is 13.6. The minimum Gasteiger partial charge on any atom is -0.397 e. The molecule has 108 valence electrons. The van der Waals surface area contributed by atoms with Crippen molar-refractivity contribution in [2.24, 2.45) is 0 Å². The number of nitrogens with one attached hydrogen (secondary N) is 2. The molecule has 1 aliphatic heterocycles. The number of benzene rings is 2. The van der Waals surface area contributed by atoms with Gasteiger partial charge in [0, 0.05) is 17.8 Å². The molecule has 4 N–H and O–H groups in total. The van der Waals surface area contributed by atoms with Crippen LogP contribution in [0.1, 0.15) is 5.56 Å². The van der Waals surface area contributed by atoms with Crippen molar-refractivity contribution in [3.8, 4) is 0 Å². The number of fused-ring (bicyclic) bond motifs is 1. The van der Waals surface area contributed by atoms with Crippen molar-refractivity contribution in [2.45, 2.75) is 6.42 Å². The van der Waals surface area contributed by atoms with Gasteiger partial charge in [-0.2, -0.15) is 0 Å². The summed E-state index contributed by atoms with van der Waals surface area (Å²) in [5.74, 6) is -3.60. The van der Waals surface area contributed by atoms with Gasteiger partial charge in [-0.05, 0) is 17.7 Å². The van der Waals surface area contributed by atoms with Crippen molar-refractivity contribution < 1.29 is 18.0 Å². The predicted molar refractivity (Wildman–Crippen MR) is 72.8 cm³/mol. The molecule has 3 rings (SSSR count). The fourth-order valence-corrected chi connectivity index (χ4v) is 2.19. The fourth-order valence-electron chi connectivity index (χ4n) is 2.19. The van der Waals surface area contributed by atoms with Crippen molar-refractivity contribution in [1.29, 1.82) is 0 Å². The van der Waals surface area contributed by atoms with Crippen LogP contribution >= 0.6 is 0 Å². The van der Waals surface area contributed by atoms with Crippen molar-refractivity contribution >= 4 is 28.7 Å². The van der Waals surface area contributed by atoms with Gasteiger partial charge >= 0.3 is 0 Å². The van der Waals surface area contributed by atoms with E-state index < -0.39 is 17.5 Å². The molecule has 0 saturated carbocycles. The molecule has 4 nitrogen and oxygen atoms in total. The summed E-state index contributed by atoms with van der Waals surface area (Å²) in [6, 6.07) is 4.33. The molecule has 0 radical (unpaired) electrons. The zero-order valence-electron chi connectivity index (χ0n) is 10.6. The summed E-state index contributed by atoms with van der Waals surface area (Å²) in [7, 11) is 0. The minimum absolute atomic E-state index is 0.176. The maximum absolute atomic E-state index is 13.6. The SMILES string of the molecule is Nc1cc2c(cc1Nc1cc(F)cc(F)c1F)NC(=O)C2. The van der Waals surface area contributed by atoms with Gasteiger partial charge in [0.1, 0.15) is 5.82 Å². The summed E-state index contributed by atoms with van der Waals surface area (Å²) >= 11 is 0. The first kappa shape index (κ1) is 13.3. The number of hydrogen-bond donors (Lipinski definition) is 3. The number of carbonyl (C=O) groups excluding carboxylic acids is 1. The van der Waals surface area contributed by atoms with Crippen LogP contribution in [-0.2, 0) is 11.2 Å². The summed E-state index contributed by atoms with van der Waals surface area (Å²) in [4.78, 5) is 11.3. The van der Waals surface area contributed by atoms with E-state index in [0.717, 1.165) is 6.07 Å².